The minimum atomic E-state index is -0.425. The third-order valence-electron chi connectivity index (χ3n) is 1.59. The van der Waals surface area contributed by atoms with Crippen LogP contribution in [0.25, 0.3) is 5.32 Å². The number of nitrogens with zero attached hydrogens (tertiary/aromatic N) is 1. The average Bonchev–Trinajstić information content (AvgIpc) is 2.30. The van der Waals surface area contributed by atoms with E-state index in [9.17, 15) is 9.59 Å². The first kappa shape index (κ1) is 8.97. The van der Waals surface area contributed by atoms with Crippen LogP contribution in [0.4, 0.5) is 0 Å². The molecule has 0 N–H and O–H groups in total. The molecule has 0 radical (unpaired) electrons. The molecule has 0 aliphatic carbocycles. The molecule has 12 heavy (non-hydrogen) atoms. The van der Waals surface area contributed by atoms with Gasteiger partial charge in [0.25, 0.3) is 0 Å². The Morgan fingerprint density at radius 2 is 1.33 bits per heavy atom. The molecular weight excluding hydrogens is 206 g/mol. The summed E-state index contributed by atoms with van der Waals surface area (Å²) < 4.78 is 0. The quantitative estimate of drug-likeness (QED) is 0.479. The van der Waals surface area contributed by atoms with E-state index in [1.807, 2.05) is 0 Å². The van der Waals surface area contributed by atoms with E-state index in [4.69, 9.17) is 0 Å². The van der Waals surface area contributed by atoms with Gasteiger partial charge in [0.1, 0.15) is 0 Å². The Morgan fingerprint density at radius 3 is 1.75 bits per heavy atom. The second kappa shape index (κ2) is 3.09. The molecule has 64 valence electrons. The maximum absolute atomic E-state index is 10.9. The SMILES string of the molecule is O=C1[N-]C(=O)c2ccccc21.[Cu+]. The van der Waals surface area contributed by atoms with E-state index in [-0.39, 0.29) is 17.1 Å². The molecule has 1 aliphatic rings. The maximum atomic E-state index is 10.9. The molecule has 0 saturated carbocycles. The van der Waals surface area contributed by atoms with Crippen molar-refractivity contribution in [2.45, 2.75) is 0 Å². The van der Waals surface area contributed by atoms with Gasteiger partial charge in [-0.3, -0.25) is 0 Å². The van der Waals surface area contributed by atoms with E-state index < -0.39 is 11.8 Å². The summed E-state index contributed by atoms with van der Waals surface area (Å²) in [5, 5.41) is 3.28. The Labute approximate surface area is 79.6 Å². The summed E-state index contributed by atoms with van der Waals surface area (Å²) in [6.45, 7) is 0. The molecule has 0 spiro atoms. The van der Waals surface area contributed by atoms with Gasteiger partial charge in [-0.1, -0.05) is 24.3 Å². The second-order valence-electron chi connectivity index (χ2n) is 2.27. The summed E-state index contributed by atoms with van der Waals surface area (Å²) in [6, 6.07) is 6.63. The number of carbonyl (C=O) groups is 2. The van der Waals surface area contributed by atoms with E-state index >= 15 is 0 Å². The van der Waals surface area contributed by atoms with Crippen LogP contribution >= 0.6 is 0 Å². The van der Waals surface area contributed by atoms with Crippen LogP contribution in [0, 0.1) is 0 Å². The molecule has 0 saturated heterocycles. The van der Waals surface area contributed by atoms with Crippen molar-refractivity contribution in [2.75, 3.05) is 0 Å². The number of fused-ring (bicyclic) bond motifs is 1. The molecular formula is C8H4CuNO2. The summed E-state index contributed by atoms with van der Waals surface area (Å²) in [5.74, 6) is -0.851. The summed E-state index contributed by atoms with van der Waals surface area (Å²) >= 11 is 0. The number of imide groups is 1. The van der Waals surface area contributed by atoms with E-state index in [0.29, 0.717) is 11.1 Å². The fourth-order valence-corrected chi connectivity index (χ4v) is 1.07. The molecule has 0 fully saturated rings. The fraction of sp³-hybridized carbons (Fsp3) is 0. The average molecular weight is 210 g/mol. The Morgan fingerprint density at radius 1 is 0.917 bits per heavy atom. The molecule has 1 aromatic rings. The van der Waals surface area contributed by atoms with Gasteiger partial charge in [0, 0.05) is 11.1 Å². The predicted molar refractivity (Wildman–Crippen MR) is 38.5 cm³/mol. The van der Waals surface area contributed by atoms with Crippen molar-refractivity contribution in [1.29, 1.82) is 0 Å². The monoisotopic (exact) mass is 209 g/mol. The molecule has 3 nitrogen and oxygen atoms in total. The van der Waals surface area contributed by atoms with E-state index in [1.165, 1.54) is 0 Å². The van der Waals surface area contributed by atoms with Crippen molar-refractivity contribution in [3.8, 4) is 0 Å². The van der Waals surface area contributed by atoms with Crippen LogP contribution in [0.1, 0.15) is 20.7 Å². The standard InChI is InChI=1S/C8H5NO2.Cu/c10-7-5-3-1-2-4-6(5)8(11)9-7;/h1-4H,(H,9,10,11);/q;+1/p-1. The summed E-state index contributed by atoms with van der Waals surface area (Å²) in [4.78, 5) is 21.8. The third-order valence-corrected chi connectivity index (χ3v) is 1.59. The molecule has 1 aromatic carbocycles. The topological polar surface area (TPSA) is 48.2 Å². The zero-order valence-corrected chi connectivity index (χ0v) is 6.82. The predicted octanol–water partition coefficient (Wildman–Crippen LogP) is 1.35. The van der Waals surface area contributed by atoms with Crippen LogP contribution in [-0.4, -0.2) is 11.8 Å². The number of hydrogen-bond acceptors (Lipinski definition) is 2. The van der Waals surface area contributed by atoms with Crippen LogP contribution in [-0.2, 0) is 17.1 Å². The Bertz CT molecular complexity index is 316. The molecule has 1 aliphatic heterocycles. The second-order valence-corrected chi connectivity index (χ2v) is 2.27. The molecule has 0 bridgehead atoms. The van der Waals surface area contributed by atoms with Crippen LogP contribution in [0.3, 0.4) is 0 Å². The minimum Gasteiger partial charge on any atom is -0.587 e. The van der Waals surface area contributed by atoms with Crippen LogP contribution in [0.5, 0.6) is 0 Å². The summed E-state index contributed by atoms with van der Waals surface area (Å²) in [5.41, 5.74) is 0.829. The van der Waals surface area contributed by atoms with Gasteiger partial charge in [0.05, 0.1) is 11.8 Å². The van der Waals surface area contributed by atoms with E-state index in [2.05, 4.69) is 5.32 Å². The van der Waals surface area contributed by atoms with Gasteiger partial charge in [-0.2, -0.15) is 0 Å². The van der Waals surface area contributed by atoms with Crippen molar-refractivity contribution >= 4 is 11.8 Å². The number of hydrogen-bond donors (Lipinski definition) is 0. The molecule has 0 aromatic heterocycles. The Kier molecular flexibility index (Phi) is 2.31. The van der Waals surface area contributed by atoms with Crippen LogP contribution < -0.4 is 0 Å². The molecule has 1 heterocycles. The maximum Gasteiger partial charge on any atom is 1.00 e. The smallest absolute Gasteiger partial charge is 0.587 e. The van der Waals surface area contributed by atoms with Gasteiger partial charge in [-0.05, 0) is 0 Å². The van der Waals surface area contributed by atoms with Crippen molar-refractivity contribution in [3.63, 3.8) is 0 Å². The van der Waals surface area contributed by atoms with E-state index in [1.54, 1.807) is 24.3 Å². The van der Waals surface area contributed by atoms with Crippen LogP contribution in [0.15, 0.2) is 24.3 Å². The number of benzene rings is 1. The molecule has 4 heteroatoms. The van der Waals surface area contributed by atoms with Gasteiger partial charge in [-0.15, -0.1) is 0 Å². The van der Waals surface area contributed by atoms with Crippen molar-refractivity contribution in [3.05, 3.63) is 40.7 Å². The largest absolute Gasteiger partial charge is 1.00 e. The Hall–Kier alpha value is -1.12. The van der Waals surface area contributed by atoms with Crippen LogP contribution in [0.2, 0.25) is 0 Å². The number of amides is 2. The first-order valence-electron chi connectivity index (χ1n) is 3.18. The van der Waals surface area contributed by atoms with Crippen molar-refractivity contribution in [2.24, 2.45) is 0 Å². The molecule has 2 rings (SSSR count). The zero-order valence-electron chi connectivity index (χ0n) is 5.87. The Balaban J connectivity index is 0.000000720. The zero-order chi connectivity index (χ0) is 7.84. The summed E-state index contributed by atoms with van der Waals surface area (Å²) in [6.07, 6.45) is 0. The first-order valence-corrected chi connectivity index (χ1v) is 3.18. The van der Waals surface area contributed by atoms with Gasteiger partial charge in [0.2, 0.25) is 0 Å². The van der Waals surface area contributed by atoms with Gasteiger partial charge in [-0.25, -0.2) is 0 Å². The van der Waals surface area contributed by atoms with Gasteiger partial charge >= 0.3 is 17.1 Å². The van der Waals surface area contributed by atoms with E-state index in [0.717, 1.165) is 0 Å². The van der Waals surface area contributed by atoms with Gasteiger partial charge < -0.3 is 14.9 Å². The number of rotatable bonds is 0. The summed E-state index contributed by atoms with van der Waals surface area (Å²) in [7, 11) is 0. The molecule has 0 atom stereocenters. The normalized spacial score (nSPS) is 13.3. The first-order chi connectivity index (χ1) is 5.29. The number of carbonyl (C=O) groups excluding carboxylic acids is 2. The molecule has 0 unspecified atom stereocenters. The minimum absolute atomic E-state index is 0. The van der Waals surface area contributed by atoms with Crippen molar-refractivity contribution in [1.82, 2.24) is 0 Å². The van der Waals surface area contributed by atoms with Gasteiger partial charge in [0.15, 0.2) is 0 Å². The fourth-order valence-electron chi connectivity index (χ4n) is 1.07. The third kappa shape index (κ3) is 1.15. The van der Waals surface area contributed by atoms with Crippen molar-refractivity contribution < 1.29 is 26.7 Å². The molecule has 2 amide bonds.